The Morgan fingerprint density at radius 3 is 2.61 bits per heavy atom. The maximum Gasteiger partial charge on any atom is 0.266 e. The summed E-state index contributed by atoms with van der Waals surface area (Å²) in [5.41, 5.74) is 0.792. The minimum atomic E-state index is -0.291. The minimum absolute atomic E-state index is 0.0717. The molecule has 1 aromatic carbocycles. The Labute approximate surface area is 144 Å². The number of thioether (sulfide) groups is 1. The second kappa shape index (κ2) is 7.53. The van der Waals surface area contributed by atoms with E-state index in [0.29, 0.717) is 15.8 Å². The number of rotatable bonds is 4. The molecule has 2 aliphatic rings. The van der Waals surface area contributed by atoms with Crippen LogP contribution in [0, 0.1) is 5.82 Å². The number of amides is 1. The van der Waals surface area contributed by atoms with E-state index in [4.69, 9.17) is 17.0 Å². The topological polar surface area (TPSA) is 32.8 Å². The molecule has 2 aliphatic heterocycles. The zero-order valence-electron chi connectivity index (χ0n) is 12.5. The summed E-state index contributed by atoms with van der Waals surface area (Å²) in [4.78, 5) is 17.0. The Balaban J connectivity index is 1.63. The summed E-state index contributed by atoms with van der Waals surface area (Å²) in [5.74, 6) is -0.363. The van der Waals surface area contributed by atoms with Gasteiger partial charge in [0.1, 0.15) is 10.1 Å². The minimum Gasteiger partial charge on any atom is -0.379 e. The largest absolute Gasteiger partial charge is 0.379 e. The number of thiocarbonyl (C=S) groups is 1. The Morgan fingerprint density at radius 1 is 1.22 bits per heavy atom. The van der Waals surface area contributed by atoms with E-state index in [2.05, 4.69) is 4.90 Å². The number of carbonyl (C=O) groups is 1. The molecule has 0 spiro atoms. The molecule has 7 heteroatoms. The monoisotopic (exact) mass is 352 g/mol. The third-order valence-corrected chi connectivity index (χ3v) is 5.16. The Hall–Kier alpha value is -1.28. The fourth-order valence-electron chi connectivity index (χ4n) is 2.47. The van der Waals surface area contributed by atoms with Crippen molar-refractivity contribution in [3.63, 3.8) is 0 Å². The van der Waals surface area contributed by atoms with Gasteiger partial charge in [-0.2, -0.15) is 0 Å². The zero-order valence-corrected chi connectivity index (χ0v) is 14.2. The van der Waals surface area contributed by atoms with Gasteiger partial charge in [0.05, 0.1) is 18.1 Å². The molecule has 3 rings (SSSR count). The maximum absolute atomic E-state index is 12.9. The van der Waals surface area contributed by atoms with Gasteiger partial charge < -0.3 is 4.74 Å². The van der Waals surface area contributed by atoms with Gasteiger partial charge in [0.25, 0.3) is 5.91 Å². The SMILES string of the molecule is O=C1C(=Cc2ccc(F)cc2)SC(=S)N1CCN1CCOCC1. The third kappa shape index (κ3) is 4.17. The van der Waals surface area contributed by atoms with Crippen molar-refractivity contribution in [2.24, 2.45) is 0 Å². The molecule has 0 atom stereocenters. The van der Waals surface area contributed by atoms with E-state index < -0.39 is 0 Å². The molecule has 0 aliphatic carbocycles. The van der Waals surface area contributed by atoms with Crippen molar-refractivity contribution >= 4 is 40.3 Å². The molecule has 0 unspecified atom stereocenters. The fourth-order valence-corrected chi connectivity index (χ4v) is 3.78. The van der Waals surface area contributed by atoms with E-state index in [1.165, 1.54) is 23.9 Å². The van der Waals surface area contributed by atoms with Crippen LogP contribution in [0.5, 0.6) is 0 Å². The van der Waals surface area contributed by atoms with E-state index in [-0.39, 0.29) is 11.7 Å². The number of nitrogens with zero attached hydrogens (tertiary/aromatic N) is 2. The van der Waals surface area contributed by atoms with Crippen molar-refractivity contribution in [1.29, 1.82) is 0 Å². The molecule has 0 saturated carbocycles. The normalized spacial score (nSPS) is 21.4. The highest BCUT2D eigenvalue weighted by Gasteiger charge is 2.32. The summed E-state index contributed by atoms with van der Waals surface area (Å²) in [6.45, 7) is 4.64. The van der Waals surface area contributed by atoms with Gasteiger partial charge >= 0.3 is 0 Å². The molecule has 23 heavy (non-hydrogen) atoms. The molecule has 0 bridgehead atoms. The number of hydrogen-bond acceptors (Lipinski definition) is 5. The van der Waals surface area contributed by atoms with E-state index in [1.807, 2.05) is 0 Å². The van der Waals surface area contributed by atoms with Crippen LogP contribution >= 0.6 is 24.0 Å². The lowest BCUT2D eigenvalue weighted by Crippen LogP contribution is -2.42. The predicted molar refractivity (Wildman–Crippen MR) is 93.5 cm³/mol. The molecular formula is C16H17FN2O2S2. The van der Waals surface area contributed by atoms with Crippen LogP contribution in [-0.2, 0) is 9.53 Å². The van der Waals surface area contributed by atoms with Crippen LogP contribution in [0.25, 0.3) is 6.08 Å². The highest BCUT2D eigenvalue weighted by atomic mass is 32.2. The van der Waals surface area contributed by atoms with E-state index in [0.717, 1.165) is 38.4 Å². The maximum atomic E-state index is 12.9. The number of ether oxygens (including phenoxy) is 1. The van der Waals surface area contributed by atoms with Crippen molar-refractivity contribution < 1.29 is 13.9 Å². The second-order valence-electron chi connectivity index (χ2n) is 5.34. The number of carbonyl (C=O) groups excluding carboxylic acids is 1. The summed E-state index contributed by atoms with van der Waals surface area (Å²) in [7, 11) is 0. The Bertz CT molecular complexity index is 627. The molecule has 0 aromatic heterocycles. The molecule has 2 fully saturated rings. The van der Waals surface area contributed by atoms with Crippen LogP contribution in [0.3, 0.4) is 0 Å². The standard InChI is InChI=1S/C16H17FN2O2S2/c17-13-3-1-12(2-4-13)11-14-15(20)19(16(22)23-14)6-5-18-7-9-21-10-8-18/h1-4,11H,5-10H2. The first-order valence-electron chi connectivity index (χ1n) is 7.44. The van der Waals surface area contributed by atoms with Crippen molar-refractivity contribution in [3.8, 4) is 0 Å². The summed E-state index contributed by atoms with van der Waals surface area (Å²) in [6.07, 6.45) is 1.76. The van der Waals surface area contributed by atoms with E-state index >= 15 is 0 Å². The van der Waals surface area contributed by atoms with Gasteiger partial charge in [0.15, 0.2) is 0 Å². The lowest BCUT2D eigenvalue weighted by atomic mass is 10.2. The average Bonchev–Trinajstić information content (AvgIpc) is 2.82. The highest BCUT2D eigenvalue weighted by Crippen LogP contribution is 2.32. The molecular weight excluding hydrogens is 335 g/mol. The zero-order chi connectivity index (χ0) is 16.2. The molecule has 2 heterocycles. The van der Waals surface area contributed by atoms with Gasteiger partial charge in [0.2, 0.25) is 0 Å². The van der Waals surface area contributed by atoms with Crippen LogP contribution < -0.4 is 0 Å². The first-order valence-corrected chi connectivity index (χ1v) is 8.67. The van der Waals surface area contributed by atoms with Gasteiger partial charge in [-0.15, -0.1) is 0 Å². The molecule has 2 saturated heterocycles. The smallest absolute Gasteiger partial charge is 0.266 e. The summed E-state index contributed by atoms with van der Waals surface area (Å²) < 4.78 is 18.8. The Morgan fingerprint density at radius 2 is 1.91 bits per heavy atom. The van der Waals surface area contributed by atoms with Crippen LogP contribution in [0.15, 0.2) is 29.2 Å². The molecule has 0 N–H and O–H groups in total. The van der Waals surface area contributed by atoms with Crippen molar-refractivity contribution in [1.82, 2.24) is 9.80 Å². The van der Waals surface area contributed by atoms with E-state index in [9.17, 15) is 9.18 Å². The van der Waals surface area contributed by atoms with Crippen LogP contribution in [0.4, 0.5) is 4.39 Å². The molecule has 1 amide bonds. The second-order valence-corrected chi connectivity index (χ2v) is 7.01. The molecule has 1 aromatic rings. The quantitative estimate of drug-likeness (QED) is 0.614. The number of halogens is 1. The number of benzene rings is 1. The summed E-state index contributed by atoms with van der Waals surface area (Å²) in [5, 5.41) is 0. The van der Waals surface area contributed by atoms with Crippen LogP contribution in [0.2, 0.25) is 0 Å². The van der Waals surface area contributed by atoms with Gasteiger partial charge in [-0.1, -0.05) is 36.1 Å². The summed E-state index contributed by atoms with van der Waals surface area (Å²) >= 11 is 6.62. The Kier molecular flexibility index (Phi) is 5.42. The summed E-state index contributed by atoms with van der Waals surface area (Å²) in [6, 6.07) is 6.06. The fraction of sp³-hybridized carbons (Fsp3) is 0.375. The average molecular weight is 352 g/mol. The first kappa shape index (κ1) is 16.6. The lowest BCUT2D eigenvalue weighted by molar-refractivity contribution is -0.122. The molecule has 122 valence electrons. The lowest BCUT2D eigenvalue weighted by Gasteiger charge is -2.28. The number of morpholine rings is 1. The van der Waals surface area contributed by atoms with Crippen molar-refractivity contribution in [2.75, 3.05) is 39.4 Å². The van der Waals surface area contributed by atoms with Crippen molar-refractivity contribution in [3.05, 3.63) is 40.6 Å². The number of hydrogen-bond donors (Lipinski definition) is 0. The highest BCUT2D eigenvalue weighted by molar-refractivity contribution is 8.26. The molecule has 4 nitrogen and oxygen atoms in total. The van der Waals surface area contributed by atoms with Crippen molar-refractivity contribution in [2.45, 2.75) is 0 Å². The van der Waals surface area contributed by atoms with Crippen LogP contribution in [-0.4, -0.2) is 59.4 Å². The third-order valence-electron chi connectivity index (χ3n) is 3.78. The van der Waals surface area contributed by atoms with Gasteiger partial charge in [-0.3, -0.25) is 14.6 Å². The van der Waals surface area contributed by atoms with Crippen LogP contribution in [0.1, 0.15) is 5.56 Å². The van der Waals surface area contributed by atoms with Gasteiger partial charge in [-0.25, -0.2) is 4.39 Å². The van der Waals surface area contributed by atoms with Gasteiger partial charge in [-0.05, 0) is 23.8 Å². The predicted octanol–water partition coefficient (Wildman–Crippen LogP) is 2.36. The first-order chi connectivity index (χ1) is 11.1. The van der Waals surface area contributed by atoms with E-state index in [1.54, 1.807) is 23.1 Å². The molecule has 0 radical (unpaired) electrons. The van der Waals surface area contributed by atoms with Gasteiger partial charge in [0, 0.05) is 26.2 Å².